The minimum Gasteiger partial charge on any atom is -0.465 e. The lowest BCUT2D eigenvalue weighted by atomic mass is 9.99. The summed E-state index contributed by atoms with van der Waals surface area (Å²) in [5.74, 6) is -0.720. The zero-order valence-electron chi connectivity index (χ0n) is 11.3. The number of esters is 1. The van der Waals surface area contributed by atoms with Crippen molar-refractivity contribution in [1.82, 2.24) is 5.01 Å². The van der Waals surface area contributed by atoms with Gasteiger partial charge in [-0.1, -0.05) is 23.4 Å². The number of ether oxygens (including phenoxy) is 1. The molecule has 0 aromatic heterocycles. The van der Waals surface area contributed by atoms with Crippen LogP contribution in [0.25, 0.3) is 0 Å². The van der Waals surface area contributed by atoms with E-state index >= 15 is 0 Å². The molecule has 0 saturated carbocycles. The van der Waals surface area contributed by atoms with Crippen molar-refractivity contribution < 1.29 is 9.53 Å². The number of nitrogens with zero attached hydrogens (tertiary/aromatic N) is 3. The van der Waals surface area contributed by atoms with E-state index in [1.807, 2.05) is 24.3 Å². The summed E-state index contributed by atoms with van der Waals surface area (Å²) in [4.78, 5) is 12.1. The first-order chi connectivity index (χ1) is 9.13. The van der Waals surface area contributed by atoms with Gasteiger partial charge in [-0.3, -0.25) is 9.80 Å². The first kappa shape index (κ1) is 13.3. The number of carbonyl (C=O) groups excluding carboxylic acids is 1. The van der Waals surface area contributed by atoms with E-state index in [4.69, 9.17) is 4.74 Å². The van der Waals surface area contributed by atoms with E-state index in [0.29, 0.717) is 6.61 Å². The van der Waals surface area contributed by atoms with Crippen molar-refractivity contribution in [1.29, 1.82) is 0 Å². The molecule has 102 valence electrons. The fourth-order valence-corrected chi connectivity index (χ4v) is 2.05. The number of rotatable bonds is 4. The normalized spacial score (nSPS) is 21.0. The summed E-state index contributed by atoms with van der Waals surface area (Å²) in [6, 6.07) is 7.65. The third kappa shape index (κ3) is 2.83. The van der Waals surface area contributed by atoms with E-state index in [0.717, 1.165) is 11.3 Å². The minimum absolute atomic E-state index is 0.275. The van der Waals surface area contributed by atoms with Gasteiger partial charge in [0.25, 0.3) is 0 Å². The Morgan fingerprint density at radius 2 is 2.16 bits per heavy atom. The second kappa shape index (κ2) is 5.69. The molecule has 1 aliphatic rings. The van der Waals surface area contributed by atoms with E-state index in [9.17, 15) is 4.79 Å². The van der Waals surface area contributed by atoms with Gasteiger partial charge in [-0.2, -0.15) is 0 Å². The van der Waals surface area contributed by atoms with Crippen LogP contribution in [0.2, 0.25) is 0 Å². The average molecular weight is 262 g/mol. The summed E-state index contributed by atoms with van der Waals surface area (Å²) >= 11 is 0. The van der Waals surface area contributed by atoms with Crippen molar-refractivity contribution in [3.8, 4) is 0 Å². The summed E-state index contributed by atoms with van der Waals surface area (Å²) in [6.07, 6.45) is -0.418. The van der Waals surface area contributed by atoms with Crippen LogP contribution in [-0.4, -0.2) is 37.8 Å². The van der Waals surface area contributed by atoms with Crippen molar-refractivity contribution in [3.63, 3.8) is 0 Å². The van der Waals surface area contributed by atoms with Gasteiger partial charge in [0.15, 0.2) is 6.17 Å². The molecule has 1 N–H and O–H groups in total. The SMILES string of the molecule is CCOC(=O)C1c2ccccc2NC1/N=N/N(C)C. The van der Waals surface area contributed by atoms with Crippen LogP contribution < -0.4 is 5.32 Å². The predicted octanol–water partition coefficient (Wildman–Crippen LogP) is 2.01. The van der Waals surface area contributed by atoms with Crippen LogP contribution in [0.3, 0.4) is 0 Å². The second-order valence-corrected chi connectivity index (χ2v) is 4.46. The summed E-state index contributed by atoms with van der Waals surface area (Å²) in [7, 11) is 3.57. The molecule has 19 heavy (non-hydrogen) atoms. The van der Waals surface area contributed by atoms with Gasteiger partial charge in [0, 0.05) is 19.8 Å². The Balaban J connectivity index is 2.28. The van der Waals surface area contributed by atoms with Crippen molar-refractivity contribution in [2.45, 2.75) is 19.0 Å². The molecule has 1 heterocycles. The lowest BCUT2D eigenvalue weighted by Crippen LogP contribution is -2.26. The summed E-state index contributed by atoms with van der Waals surface area (Å²) in [6.45, 7) is 2.15. The van der Waals surface area contributed by atoms with Gasteiger partial charge < -0.3 is 10.1 Å². The monoisotopic (exact) mass is 262 g/mol. The summed E-state index contributed by atoms with van der Waals surface area (Å²) in [5.41, 5.74) is 1.81. The highest BCUT2D eigenvalue weighted by molar-refractivity contribution is 5.84. The highest BCUT2D eigenvalue weighted by atomic mass is 16.5. The lowest BCUT2D eigenvalue weighted by Gasteiger charge is -2.14. The number of nitrogens with one attached hydrogen (secondary N) is 1. The number of anilines is 1. The molecule has 6 nitrogen and oxygen atoms in total. The summed E-state index contributed by atoms with van der Waals surface area (Å²) < 4.78 is 5.13. The van der Waals surface area contributed by atoms with Gasteiger partial charge in [-0.05, 0) is 18.6 Å². The first-order valence-corrected chi connectivity index (χ1v) is 6.23. The number of hydrogen-bond acceptors (Lipinski definition) is 5. The zero-order chi connectivity index (χ0) is 13.8. The van der Waals surface area contributed by atoms with E-state index < -0.39 is 12.1 Å². The standard InChI is InChI=1S/C13H18N4O2/c1-4-19-13(18)11-9-7-5-6-8-10(9)14-12(11)15-16-17(2)3/h5-8,11-12,14H,4H2,1-3H3/b16-15+. The number of para-hydroxylation sites is 1. The Kier molecular flexibility index (Phi) is 3.99. The van der Waals surface area contributed by atoms with Crippen molar-refractivity contribution in [2.75, 3.05) is 26.0 Å². The van der Waals surface area contributed by atoms with Crippen LogP contribution in [0.4, 0.5) is 5.69 Å². The predicted molar refractivity (Wildman–Crippen MR) is 71.8 cm³/mol. The molecule has 0 aliphatic carbocycles. The highest BCUT2D eigenvalue weighted by Gasteiger charge is 2.38. The van der Waals surface area contributed by atoms with Crippen LogP contribution in [-0.2, 0) is 9.53 Å². The molecule has 0 spiro atoms. The van der Waals surface area contributed by atoms with Crippen molar-refractivity contribution in [3.05, 3.63) is 29.8 Å². The van der Waals surface area contributed by atoms with E-state index in [1.165, 1.54) is 0 Å². The van der Waals surface area contributed by atoms with Crippen LogP contribution in [0.1, 0.15) is 18.4 Å². The molecule has 2 unspecified atom stereocenters. The Morgan fingerprint density at radius 3 is 2.84 bits per heavy atom. The van der Waals surface area contributed by atoms with Gasteiger partial charge in [-0.25, -0.2) is 0 Å². The lowest BCUT2D eigenvalue weighted by molar-refractivity contribution is -0.145. The number of carbonyl (C=O) groups is 1. The quantitative estimate of drug-likeness (QED) is 0.512. The van der Waals surface area contributed by atoms with Crippen molar-refractivity contribution >= 4 is 11.7 Å². The average Bonchev–Trinajstić information content (AvgIpc) is 2.74. The van der Waals surface area contributed by atoms with E-state index in [1.54, 1.807) is 26.0 Å². The molecule has 1 aromatic carbocycles. The van der Waals surface area contributed by atoms with Gasteiger partial charge in [0.1, 0.15) is 5.92 Å². The van der Waals surface area contributed by atoms with Crippen LogP contribution in [0, 0.1) is 0 Å². The second-order valence-electron chi connectivity index (χ2n) is 4.46. The molecule has 0 radical (unpaired) electrons. The van der Waals surface area contributed by atoms with Crippen LogP contribution in [0.5, 0.6) is 0 Å². The third-order valence-electron chi connectivity index (χ3n) is 2.81. The largest absolute Gasteiger partial charge is 0.465 e. The van der Waals surface area contributed by atoms with E-state index in [2.05, 4.69) is 15.7 Å². The molecule has 0 fully saturated rings. The van der Waals surface area contributed by atoms with Gasteiger partial charge in [0.05, 0.1) is 6.61 Å². The number of fused-ring (bicyclic) bond motifs is 1. The first-order valence-electron chi connectivity index (χ1n) is 6.23. The molecular weight excluding hydrogens is 244 g/mol. The molecule has 6 heteroatoms. The van der Waals surface area contributed by atoms with Crippen molar-refractivity contribution in [2.24, 2.45) is 10.3 Å². The third-order valence-corrected chi connectivity index (χ3v) is 2.81. The molecule has 1 aromatic rings. The highest BCUT2D eigenvalue weighted by Crippen LogP contribution is 2.37. The Labute approximate surface area is 112 Å². The molecule has 1 aliphatic heterocycles. The molecule has 2 rings (SSSR count). The molecule has 2 atom stereocenters. The molecule has 0 amide bonds. The minimum atomic E-state index is -0.445. The van der Waals surface area contributed by atoms with Gasteiger partial charge in [-0.15, -0.1) is 5.11 Å². The fraction of sp³-hybridized carbons (Fsp3) is 0.462. The van der Waals surface area contributed by atoms with Crippen LogP contribution >= 0.6 is 0 Å². The Bertz CT molecular complexity index is 487. The Hall–Kier alpha value is -2.11. The van der Waals surface area contributed by atoms with Crippen LogP contribution in [0.15, 0.2) is 34.6 Å². The maximum atomic E-state index is 12.1. The smallest absolute Gasteiger partial charge is 0.317 e. The molecule has 0 bridgehead atoms. The fourth-order valence-electron chi connectivity index (χ4n) is 2.05. The number of benzene rings is 1. The maximum absolute atomic E-state index is 12.1. The van der Waals surface area contributed by atoms with E-state index in [-0.39, 0.29) is 5.97 Å². The molecular formula is C13H18N4O2. The van der Waals surface area contributed by atoms with Gasteiger partial charge >= 0.3 is 5.97 Å². The van der Waals surface area contributed by atoms with Gasteiger partial charge in [0.2, 0.25) is 0 Å². The zero-order valence-corrected chi connectivity index (χ0v) is 11.3. The maximum Gasteiger partial charge on any atom is 0.317 e. The molecule has 0 saturated heterocycles. The Morgan fingerprint density at radius 1 is 1.42 bits per heavy atom. The topological polar surface area (TPSA) is 66.3 Å². The number of hydrogen-bond donors (Lipinski definition) is 1. The summed E-state index contributed by atoms with van der Waals surface area (Å²) in [5, 5.41) is 12.9.